The van der Waals surface area contributed by atoms with Gasteiger partial charge in [-0.3, -0.25) is 4.99 Å². The number of furan rings is 1. The minimum atomic E-state index is 0.702. The summed E-state index contributed by atoms with van der Waals surface area (Å²) in [5, 5.41) is 7.83. The third-order valence-electron chi connectivity index (χ3n) is 4.39. The fraction of sp³-hybridized carbons (Fsp3) is 0.182. The number of para-hydroxylation sites is 1. The molecule has 0 fully saturated rings. The van der Waals surface area contributed by atoms with Gasteiger partial charge in [0, 0.05) is 37.1 Å². The number of thiazole rings is 1. The lowest BCUT2D eigenvalue weighted by atomic mass is 10.2. The number of hydrogen-bond acceptors (Lipinski definition) is 5. The highest BCUT2D eigenvalue weighted by Gasteiger charge is 2.12. The van der Waals surface area contributed by atoms with Crippen LogP contribution in [0.15, 0.2) is 74.5 Å². The Bertz CT molecular complexity index is 1150. The predicted octanol–water partition coefficient (Wildman–Crippen LogP) is 4.83. The average Bonchev–Trinajstić information content (AvgIpc) is 3.30. The summed E-state index contributed by atoms with van der Waals surface area (Å²) in [4.78, 5) is 7.50. The van der Waals surface area contributed by atoms with Crippen LogP contribution >= 0.6 is 11.3 Å². The lowest BCUT2D eigenvalue weighted by Crippen LogP contribution is -2.12. The van der Waals surface area contributed by atoms with Crippen LogP contribution in [0.1, 0.15) is 12.5 Å². The van der Waals surface area contributed by atoms with Gasteiger partial charge in [-0.1, -0.05) is 30.3 Å². The lowest BCUT2D eigenvalue weighted by molar-refractivity contribution is 0.621. The molecule has 142 valence electrons. The van der Waals surface area contributed by atoms with E-state index in [0.29, 0.717) is 6.54 Å². The number of nitrogens with zero attached hydrogens (tertiary/aromatic N) is 4. The van der Waals surface area contributed by atoms with Crippen molar-refractivity contribution in [2.24, 2.45) is 10.1 Å². The number of anilines is 1. The molecule has 4 rings (SSSR count). The van der Waals surface area contributed by atoms with Crippen LogP contribution in [-0.2, 0) is 0 Å². The van der Waals surface area contributed by atoms with E-state index in [1.807, 2.05) is 67.6 Å². The number of benzene rings is 2. The Morgan fingerprint density at radius 1 is 1.11 bits per heavy atom. The van der Waals surface area contributed by atoms with Gasteiger partial charge in [0.2, 0.25) is 4.80 Å². The standard InChI is InChI=1S/C22H22N4OS/c1-4-23-22-26(24-14-16-9-11-18(12-10-16)25(2)3)19(15-28-22)21-13-17-7-5-6-8-20(17)27-21/h5-15H,4H2,1-3H3. The first-order valence-electron chi connectivity index (χ1n) is 9.17. The maximum atomic E-state index is 6.05. The average molecular weight is 391 g/mol. The molecule has 0 bridgehead atoms. The molecule has 0 aliphatic rings. The van der Waals surface area contributed by atoms with Gasteiger partial charge in [-0.15, -0.1) is 11.3 Å². The molecule has 0 saturated carbocycles. The molecule has 2 heterocycles. The molecular weight excluding hydrogens is 368 g/mol. The second-order valence-corrected chi connectivity index (χ2v) is 7.41. The lowest BCUT2D eigenvalue weighted by Gasteiger charge is -2.11. The van der Waals surface area contributed by atoms with Gasteiger partial charge < -0.3 is 9.32 Å². The van der Waals surface area contributed by atoms with Crippen molar-refractivity contribution in [2.75, 3.05) is 25.5 Å². The molecule has 6 heteroatoms. The molecule has 0 aliphatic carbocycles. The Labute approximate surface area is 167 Å². The summed E-state index contributed by atoms with van der Waals surface area (Å²) in [7, 11) is 4.06. The molecule has 0 saturated heterocycles. The molecule has 0 spiro atoms. The first-order valence-corrected chi connectivity index (χ1v) is 10.1. The van der Waals surface area contributed by atoms with E-state index in [1.165, 1.54) is 0 Å². The van der Waals surface area contributed by atoms with Crippen molar-refractivity contribution in [3.63, 3.8) is 0 Å². The maximum Gasteiger partial charge on any atom is 0.206 e. The molecular formula is C22H22N4OS. The van der Waals surface area contributed by atoms with Gasteiger partial charge in [0.1, 0.15) is 11.3 Å². The van der Waals surface area contributed by atoms with Gasteiger partial charge in [-0.2, -0.15) is 5.10 Å². The van der Waals surface area contributed by atoms with Crippen molar-refractivity contribution in [3.8, 4) is 11.5 Å². The second-order valence-electron chi connectivity index (χ2n) is 6.57. The van der Waals surface area contributed by atoms with E-state index >= 15 is 0 Å². The minimum absolute atomic E-state index is 0.702. The summed E-state index contributed by atoms with van der Waals surface area (Å²) in [6, 6.07) is 18.3. The minimum Gasteiger partial charge on any atom is -0.454 e. The normalized spacial score (nSPS) is 12.3. The quantitative estimate of drug-likeness (QED) is 0.458. The van der Waals surface area contributed by atoms with Crippen molar-refractivity contribution in [1.29, 1.82) is 0 Å². The van der Waals surface area contributed by atoms with Crippen LogP contribution in [-0.4, -0.2) is 31.5 Å². The van der Waals surface area contributed by atoms with Gasteiger partial charge in [0.05, 0.1) is 6.21 Å². The molecule has 0 radical (unpaired) electrons. The summed E-state index contributed by atoms with van der Waals surface area (Å²) < 4.78 is 7.90. The van der Waals surface area contributed by atoms with E-state index in [0.717, 1.165) is 38.5 Å². The number of aromatic nitrogens is 1. The molecule has 28 heavy (non-hydrogen) atoms. The topological polar surface area (TPSA) is 46.0 Å². The number of hydrogen-bond donors (Lipinski definition) is 0. The van der Waals surface area contributed by atoms with Crippen LogP contribution in [0.3, 0.4) is 0 Å². The van der Waals surface area contributed by atoms with Gasteiger partial charge in [-0.05, 0) is 36.8 Å². The highest BCUT2D eigenvalue weighted by Crippen LogP contribution is 2.28. The van der Waals surface area contributed by atoms with Crippen LogP contribution in [0.25, 0.3) is 22.4 Å². The van der Waals surface area contributed by atoms with Crippen LogP contribution in [0.5, 0.6) is 0 Å². The predicted molar refractivity (Wildman–Crippen MR) is 117 cm³/mol. The first kappa shape index (κ1) is 18.3. The molecule has 4 aromatic rings. The van der Waals surface area contributed by atoms with Crippen LogP contribution in [0, 0.1) is 0 Å². The van der Waals surface area contributed by atoms with Crippen LogP contribution in [0.2, 0.25) is 0 Å². The SMILES string of the molecule is CCN=c1scc(-c2cc3ccccc3o2)n1N=Cc1ccc(N(C)C)cc1. The van der Waals surface area contributed by atoms with Gasteiger partial charge in [-0.25, -0.2) is 4.68 Å². The zero-order chi connectivity index (χ0) is 19.5. The highest BCUT2D eigenvalue weighted by atomic mass is 32.1. The molecule has 5 nitrogen and oxygen atoms in total. The van der Waals surface area contributed by atoms with Gasteiger partial charge in [0.15, 0.2) is 5.76 Å². The van der Waals surface area contributed by atoms with Gasteiger partial charge >= 0.3 is 0 Å². The monoisotopic (exact) mass is 390 g/mol. The third kappa shape index (κ3) is 3.64. The Kier molecular flexibility index (Phi) is 5.12. The van der Waals surface area contributed by atoms with E-state index in [9.17, 15) is 0 Å². The van der Waals surface area contributed by atoms with Gasteiger partial charge in [0.25, 0.3) is 0 Å². The fourth-order valence-electron chi connectivity index (χ4n) is 2.92. The molecule has 0 aliphatic heterocycles. The zero-order valence-corrected chi connectivity index (χ0v) is 17.0. The third-order valence-corrected chi connectivity index (χ3v) is 5.24. The molecule has 0 atom stereocenters. The molecule has 0 N–H and O–H groups in total. The van der Waals surface area contributed by atoms with Crippen molar-refractivity contribution in [2.45, 2.75) is 6.92 Å². The first-order chi connectivity index (χ1) is 13.7. The Hall–Kier alpha value is -3.12. The van der Waals surface area contributed by atoms with E-state index < -0.39 is 0 Å². The zero-order valence-electron chi connectivity index (χ0n) is 16.2. The number of rotatable bonds is 5. The second kappa shape index (κ2) is 7.86. The molecule has 0 amide bonds. The fourth-order valence-corrected chi connectivity index (χ4v) is 3.80. The summed E-state index contributed by atoms with van der Waals surface area (Å²) in [6.07, 6.45) is 1.85. The summed E-state index contributed by atoms with van der Waals surface area (Å²) in [5.74, 6) is 0.787. The van der Waals surface area contributed by atoms with E-state index in [-0.39, 0.29) is 0 Å². The van der Waals surface area contributed by atoms with Crippen molar-refractivity contribution >= 4 is 34.2 Å². The Balaban J connectivity index is 1.74. The number of fused-ring (bicyclic) bond motifs is 1. The maximum absolute atomic E-state index is 6.05. The largest absolute Gasteiger partial charge is 0.454 e. The summed E-state index contributed by atoms with van der Waals surface area (Å²) in [5.41, 5.74) is 3.95. The molecule has 2 aromatic carbocycles. The van der Waals surface area contributed by atoms with Crippen molar-refractivity contribution in [3.05, 3.63) is 70.3 Å². The molecule has 0 unspecified atom stereocenters. The Morgan fingerprint density at radius 3 is 2.61 bits per heavy atom. The van der Waals surface area contributed by atoms with E-state index in [1.54, 1.807) is 11.3 Å². The highest BCUT2D eigenvalue weighted by molar-refractivity contribution is 7.07. The van der Waals surface area contributed by atoms with Crippen LogP contribution < -0.4 is 9.70 Å². The summed E-state index contributed by atoms with van der Waals surface area (Å²) in [6.45, 7) is 2.72. The van der Waals surface area contributed by atoms with Crippen LogP contribution in [0.4, 0.5) is 5.69 Å². The smallest absolute Gasteiger partial charge is 0.206 e. The molecule has 2 aromatic heterocycles. The van der Waals surface area contributed by atoms with Crippen molar-refractivity contribution in [1.82, 2.24) is 4.68 Å². The van der Waals surface area contributed by atoms with E-state index in [2.05, 4.69) is 34.2 Å². The van der Waals surface area contributed by atoms with Crippen molar-refractivity contribution < 1.29 is 4.42 Å². The summed E-state index contributed by atoms with van der Waals surface area (Å²) >= 11 is 1.56. The van der Waals surface area contributed by atoms with E-state index in [4.69, 9.17) is 9.52 Å². The Morgan fingerprint density at radius 2 is 1.89 bits per heavy atom.